The number of piperidine rings is 1. The molecule has 1 aliphatic heterocycles. The summed E-state index contributed by atoms with van der Waals surface area (Å²) in [6.07, 6.45) is 1.62. The quantitative estimate of drug-likeness (QED) is 0.568. The Kier molecular flexibility index (Phi) is 6.80. The Bertz CT molecular complexity index is 1140. The van der Waals surface area contributed by atoms with Crippen molar-refractivity contribution >= 4 is 28.3 Å². The highest BCUT2D eigenvalue weighted by molar-refractivity contribution is 6.04. The minimum atomic E-state index is -0.342. The molecule has 0 radical (unpaired) electrons. The van der Waals surface area contributed by atoms with Gasteiger partial charge in [-0.25, -0.2) is 0 Å². The molecule has 1 aliphatic rings. The molecule has 0 aromatic heterocycles. The predicted molar refractivity (Wildman–Crippen MR) is 134 cm³/mol. The second-order valence-corrected chi connectivity index (χ2v) is 9.93. The highest BCUT2D eigenvalue weighted by atomic mass is 16.2. The van der Waals surface area contributed by atoms with Crippen LogP contribution in [0, 0.1) is 5.92 Å². The number of anilines is 1. The van der Waals surface area contributed by atoms with Crippen LogP contribution in [0.25, 0.3) is 10.8 Å². The predicted octanol–water partition coefficient (Wildman–Crippen LogP) is 5.22. The van der Waals surface area contributed by atoms with Gasteiger partial charge in [0.1, 0.15) is 0 Å². The highest BCUT2D eigenvalue weighted by Gasteiger charge is 2.26. The number of para-hydroxylation sites is 1. The normalized spacial score (nSPS) is 15.4. The zero-order valence-electron chi connectivity index (χ0n) is 19.7. The molecule has 172 valence electrons. The van der Waals surface area contributed by atoms with Crippen LogP contribution in [0.5, 0.6) is 0 Å². The fourth-order valence-corrected chi connectivity index (χ4v) is 4.46. The van der Waals surface area contributed by atoms with Crippen LogP contribution >= 0.6 is 0 Å². The molecule has 0 atom stereocenters. The summed E-state index contributed by atoms with van der Waals surface area (Å²) in [5.41, 5.74) is 2.05. The van der Waals surface area contributed by atoms with E-state index in [-0.39, 0.29) is 23.3 Å². The molecule has 3 aromatic carbocycles. The summed E-state index contributed by atoms with van der Waals surface area (Å²) in [4.78, 5) is 28.1. The molecule has 1 fully saturated rings. The fraction of sp³-hybridized carbons (Fsp3) is 0.357. The van der Waals surface area contributed by atoms with Crippen molar-refractivity contribution in [1.82, 2.24) is 10.2 Å². The molecule has 1 heterocycles. The molecule has 0 bridgehead atoms. The second kappa shape index (κ2) is 9.75. The van der Waals surface area contributed by atoms with E-state index in [0.29, 0.717) is 11.3 Å². The van der Waals surface area contributed by atoms with Crippen molar-refractivity contribution in [2.75, 3.05) is 18.4 Å². The summed E-state index contributed by atoms with van der Waals surface area (Å²) in [5, 5.41) is 8.55. The maximum atomic E-state index is 13.0. The summed E-state index contributed by atoms with van der Waals surface area (Å²) in [7, 11) is 0. The van der Waals surface area contributed by atoms with E-state index in [0.717, 1.165) is 32.5 Å². The molecule has 4 rings (SSSR count). The zero-order chi connectivity index (χ0) is 23.4. The van der Waals surface area contributed by atoms with Gasteiger partial charge in [-0.2, -0.15) is 0 Å². The highest BCUT2D eigenvalue weighted by Crippen LogP contribution is 2.25. The van der Waals surface area contributed by atoms with Gasteiger partial charge in [0, 0.05) is 18.0 Å². The van der Waals surface area contributed by atoms with Crippen molar-refractivity contribution < 1.29 is 9.59 Å². The Labute approximate surface area is 196 Å². The number of hydrogen-bond acceptors (Lipinski definition) is 3. The summed E-state index contributed by atoms with van der Waals surface area (Å²) in [5.74, 6) is -0.230. The number of fused-ring (bicyclic) bond motifs is 1. The van der Waals surface area contributed by atoms with Gasteiger partial charge in [0.25, 0.3) is 5.91 Å². The van der Waals surface area contributed by atoms with E-state index in [1.165, 1.54) is 16.3 Å². The van der Waals surface area contributed by atoms with E-state index in [1.54, 1.807) is 12.1 Å². The van der Waals surface area contributed by atoms with Gasteiger partial charge >= 0.3 is 0 Å². The van der Waals surface area contributed by atoms with Crippen molar-refractivity contribution in [3.05, 3.63) is 77.9 Å². The SMILES string of the molecule is CC(C)(C)NC(=O)c1ccccc1NC(=O)C1CCN(Cc2cccc3ccccc23)CC1. The fourth-order valence-electron chi connectivity index (χ4n) is 4.46. The molecular weight excluding hydrogens is 410 g/mol. The first-order valence-corrected chi connectivity index (χ1v) is 11.7. The Morgan fingerprint density at radius 3 is 2.33 bits per heavy atom. The van der Waals surface area contributed by atoms with E-state index in [2.05, 4.69) is 58.0 Å². The van der Waals surface area contributed by atoms with Crippen molar-refractivity contribution in [2.24, 2.45) is 5.92 Å². The van der Waals surface area contributed by atoms with Crippen LogP contribution in [-0.4, -0.2) is 35.3 Å². The van der Waals surface area contributed by atoms with E-state index < -0.39 is 0 Å². The van der Waals surface area contributed by atoms with Crippen LogP contribution in [0.2, 0.25) is 0 Å². The maximum absolute atomic E-state index is 13.0. The van der Waals surface area contributed by atoms with Crippen LogP contribution in [0.3, 0.4) is 0 Å². The van der Waals surface area contributed by atoms with Crippen LogP contribution in [0.4, 0.5) is 5.69 Å². The van der Waals surface area contributed by atoms with E-state index in [4.69, 9.17) is 0 Å². The molecule has 2 amide bonds. The Hall–Kier alpha value is -3.18. The number of likely N-dealkylation sites (tertiary alicyclic amines) is 1. The van der Waals surface area contributed by atoms with Crippen molar-refractivity contribution in [3.8, 4) is 0 Å². The first-order valence-electron chi connectivity index (χ1n) is 11.7. The summed E-state index contributed by atoms with van der Waals surface area (Å²) < 4.78 is 0. The van der Waals surface area contributed by atoms with Crippen molar-refractivity contribution in [2.45, 2.75) is 45.7 Å². The molecule has 3 aromatic rings. The molecule has 33 heavy (non-hydrogen) atoms. The molecule has 0 spiro atoms. The van der Waals surface area contributed by atoms with Gasteiger partial charge in [-0.1, -0.05) is 54.6 Å². The third-order valence-electron chi connectivity index (χ3n) is 6.15. The first-order chi connectivity index (χ1) is 15.8. The van der Waals surface area contributed by atoms with Gasteiger partial charge < -0.3 is 10.6 Å². The largest absolute Gasteiger partial charge is 0.347 e. The number of hydrogen-bond donors (Lipinski definition) is 2. The Balaban J connectivity index is 1.36. The molecule has 5 heteroatoms. The van der Waals surface area contributed by atoms with Gasteiger partial charge in [0.05, 0.1) is 11.3 Å². The van der Waals surface area contributed by atoms with E-state index >= 15 is 0 Å². The minimum absolute atomic E-state index is 0.00387. The molecule has 0 saturated carbocycles. The van der Waals surface area contributed by atoms with Crippen molar-refractivity contribution in [1.29, 1.82) is 0 Å². The van der Waals surface area contributed by atoms with Crippen molar-refractivity contribution in [3.63, 3.8) is 0 Å². The van der Waals surface area contributed by atoms with Crippen LogP contribution < -0.4 is 10.6 Å². The molecule has 2 N–H and O–H groups in total. The van der Waals surface area contributed by atoms with Crippen LogP contribution in [-0.2, 0) is 11.3 Å². The van der Waals surface area contributed by atoms with E-state index in [1.807, 2.05) is 32.9 Å². The van der Waals surface area contributed by atoms with Crippen LogP contribution in [0.15, 0.2) is 66.7 Å². The van der Waals surface area contributed by atoms with Gasteiger partial charge in [-0.15, -0.1) is 0 Å². The number of carbonyl (C=O) groups is 2. The van der Waals surface area contributed by atoms with Gasteiger partial charge in [-0.3, -0.25) is 14.5 Å². The minimum Gasteiger partial charge on any atom is -0.347 e. The third kappa shape index (κ3) is 5.79. The Morgan fingerprint density at radius 2 is 1.58 bits per heavy atom. The molecule has 0 aliphatic carbocycles. The number of rotatable bonds is 5. The zero-order valence-corrected chi connectivity index (χ0v) is 19.7. The number of nitrogens with one attached hydrogen (secondary N) is 2. The third-order valence-corrected chi connectivity index (χ3v) is 6.15. The van der Waals surface area contributed by atoms with Gasteiger partial charge in [0.15, 0.2) is 0 Å². The first kappa shape index (κ1) is 23.0. The number of nitrogens with zero attached hydrogens (tertiary/aromatic N) is 1. The lowest BCUT2D eigenvalue weighted by molar-refractivity contribution is -0.121. The molecule has 1 saturated heterocycles. The molecule has 0 unspecified atom stereocenters. The smallest absolute Gasteiger partial charge is 0.253 e. The van der Waals surface area contributed by atoms with E-state index in [9.17, 15) is 9.59 Å². The number of benzene rings is 3. The monoisotopic (exact) mass is 443 g/mol. The summed E-state index contributed by atoms with van der Waals surface area (Å²) in [6.45, 7) is 8.49. The van der Waals surface area contributed by atoms with Crippen LogP contribution in [0.1, 0.15) is 49.5 Å². The molecular formula is C28H33N3O2. The second-order valence-electron chi connectivity index (χ2n) is 9.93. The summed E-state index contributed by atoms with van der Waals surface area (Å²) >= 11 is 0. The number of carbonyl (C=O) groups excluding carboxylic acids is 2. The lowest BCUT2D eigenvalue weighted by Gasteiger charge is -2.31. The lowest BCUT2D eigenvalue weighted by Crippen LogP contribution is -2.41. The molecule has 5 nitrogen and oxygen atoms in total. The summed E-state index contributed by atoms with van der Waals surface area (Å²) in [6, 6.07) is 22.2. The lowest BCUT2D eigenvalue weighted by atomic mass is 9.94. The topological polar surface area (TPSA) is 61.4 Å². The maximum Gasteiger partial charge on any atom is 0.253 e. The standard InChI is InChI=1S/C28H33N3O2/c1-28(2,3)30-27(33)24-13-6-7-14-25(24)29-26(32)21-15-17-31(18-16-21)19-22-11-8-10-20-9-4-5-12-23(20)22/h4-14,21H,15-19H2,1-3H3,(H,29,32)(H,30,33). The number of amides is 2. The van der Waals surface area contributed by atoms with Gasteiger partial charge in [-0.05, 0) is 75.2 Å². The average Bonchev–Trinajstić information content (AvgIpc) is 2.79. The van der Waals surface area contributed by atoms with Gasteiger partial charge in [0.2, 0.25) is 5.91 Å². The Morgan fingerprint density at radius 1 is 0.909 bits per heavy atom. The average molecular weight is 444 g/mol.